The average Bonchev–Trinajstić information content (AvgIpc) is 1.84. The highest BCUT2D eigenvalue weighted by Gasteiger charge is 1.96. The highest BCUT2D eigenvalue weighted by atomic mass is 33.2. The van der Waals surface area contributed by atoms with E-state index < -0.39 is 42.9 Å². The lowest BCUT2D eigenvalue weighted by Crippen LogP contribution is -1.96. The van der Waals surface area contributed by atoms with E-state index in [4.69, 9.17) is 18.2 Å². The molecule has 2 unspecified atom stereocenters. The van der Waals surface area contributed by atoms with E-state index in [0.29, 0.717) is 0 Å². The summed E-state index contributed by atoms with van der Waals surface area (Å²) in [4.78, 5) is 0. The summed E-state index contributed by atoms with van der Waals surface area (Å²) in [7, 11) is -5.18. The SMILES string of the molecule is O=S(O)OS(=O)O.O=S(O)S(=O)O. The highest BCUT2D eigenvalue weighted by Crippen LogP contribution is 1.79. The molecule has 0 fully saturated rings. The van der Waals surface area contributed by atoms with Crippen molar-refractivity contribution in [3.8, 4) is 0 Å². The largest absolute Gasteiger partial charge is 0.317 e. The molecular weight excluding hydrogens is 272 g/mol. The van der Waals surface area contributed by atoms with E-state index in [1.165, 1.54) is 0 Å². The lowest BCUT2D eigenvalue weighted by atomic mass is 15.8. The fourth-order valence-corrected chi connectivity index (χ4v) is 0.448. The highest BCUT2D eigenvalue weighted by molar-refractivity contribution is 8.56. The fourth-order valence-electron chi connectivity index (χ4n) is 0.0498. The van der Waals surface area contributed by atoms with Crippen LogP contribution in [0.5, 0.6) is 0 Å². The molecule has 0 rings (SSSR count). The Balaban J connectivity index is 0. The third-order valence-electron chi connectivity index (χ3n) is 0.238. The Kier molecular flexibility index (Phi) is 10.9. The van der Waals surface area contributed by atoms with Crippen LogP contribution in [0.1, 0.15) is 0 Å². The van der Waals surface area contributed by atoms with Gasteiger partial charge >= 0.3 is 22.7 Å². The van der Waals surface area contributed by atoms with Crippen LogP contribution in [0, 0.1) is 0 Å². The Morgan fingerprint density at radius 1 is 0.692 bits per heavy atom. The lowest BCUT2D eigenvalue weighted by Gasteiger charge is -1.82. The molecule has 0 bridgehead atoms. The third-order valence-corrected chi connectivity index (χ3v) is 2.15. The minimum absolute atomic E-state index is 2.59. The van der Waals surface area contributed by atoms with Crippen molar-refractivity contribution in [2.75, 3.05) is 0 Å². The molecule has 0 saturated carbocycles. The summed E-state index contributed by atoms with van der Waals surface area (Å²) in [5.74, 6) is 0. The Hall–Kier alpha value is 0.400. The van der Waals surface area contributed by atoms with Gasteiger partial charge in [0.2, 0.25) is 0 Å². The molecule has 0 aliphatic carbocycles. The molecule has 0 aliphatic rings. The Bertz CT molecular complexity index is 204. The zero-order valence-corrected chi connectivity index (χ0v) is 8.73. The molecule has 0 aliphatic heterocycles. The maximum absolute atomic E-state index is 9.35. The van der Waals surface area contributed by atoms with Crippen molar-refractivity contribution >= 4 is 42.9 Å². The summed E-state index contributed by atoms with van der Waals surface area (Å²) in [6.45, 7) is 0. The zero-order chi connectivity index (χ0) is 11.0. The van der Waals surface area contributed by atoms with Gasteiger partial charge in [-0.2, -0.15) is 8.42 Å². The van der Waals surface area contributed by atoms with Crippen LogP contribution in [-0.2, 0) is 46.6 Å². The Morgan fingerprint density at radius 2 is 0.923 bits per heavy atom. The number of hydrogen-bond donors (Lipinski definition) is 4. The van der Waals surface area contributed by atoms with Gasteiger partial charge in [-0.25, -0.2) is 8.42 Å². The van der Waals surface area contributed by atoms with Crippen molar-refractivity contribution in [2.45, 2.75) is 0 Å². The molecule has 0 amide bonds. The average molecular weight is 276 g/mol. The molecule has 82 valence electrons. The van der Waals surface area contributed by atoms with Gasteiger partial charge in [-0.1, -0.05) is 0 Å². The maximum atomic E-state index is 9.35. The molecule has 9 nitrogen and oxygen atoms in total. The second kappa shape index (κ2) is 8.97. The molecule has 0 aromatic heterocycles. The van der Waals surface area contributed by atoms with Crippen LogP contribution in [0.15, 0.2) is 0 Å². The van der Waals surface area contributed by atoms with Crippen LogP contribution in [0.25, 0.3) is 0 Å². The fraction of sp³-hybridized carbons (Fsp3) is 0. The van der Waals surface area contributed by atoms with E-state index in [-0.39, 0.29) is 0 Å². The third kappa shape index (κ3) is 19.0. The summed E-state index contributed by atoms with van der Waals surface area (Å²) >= 11 is -5.29. The van der Waals surface area contributed by atoms with Crippen LogP contribution < -0.4 is 0 Å². The van der Waals surface area contributed by atoms with Crippen molar-refractivity contribution in [2.24, 2.45) is 0 Å². The molecule has 0 saturated heterocycles. The lowest BCUT2D eigenvalue weighted by molar-refractivity contribution is 0.427. The number of hydrogen-bond acceptors (Lipinski definition) is 5. The van der Waals surface area contributed by atoms with Crippen LogP contribution in [0.3, 0.4) is 0 Å². The van der Waals surface area contributed by atoms with E-state index in [0.717, 1.165) is 0 Å². The molecule has 0 aromatic carbocycles. The van der Waals surface area contributed by atoms with Crippen molar-refractivity contribution in [1.82, 2.24) is 0 Å². The van der Waals surface area contributed by atoms with Crippen LogP contribution in [0.2, 0.25) is 0 Å². The standard InChI is InChI=1S/H2O5S2.H2O4S2/c1-6(2)5-7(3)4;1-5(2)6(3)4/h(H,1,2)(H,3,4);(H,1,2)(H,3,4). The summed E-state index contributed by atoms with van der Waals surface area (Å²) in [6.07, 6.45) is 0. The van der Waals surface area contributed by atoms with Crippen molar-refractivity contribution < 1.29 is 38.7 Å². The van der Waals surface area contributed by atoms with Crippen molar-refractivity contribution in [3.05, 3.63) is 0 Å². The van der Waals surface area contributed by atoms with Crippen LogP contribution in [-0.4, -0.2) is 35.0 Å². The van der Waals surface area contributed by atoms with Gasteiger partial charge in [-0.15, -0.1) is 3.63 Å². The van der Waals surface area contributed by atoms with Gasteiger partial charge in [0.05, 0.1) is 0 Å². The van der Waals surface area contributed by atoms with Gasteiger partial charge in [-0.05, 0) is 0 Å². The molecule has 13 heavy (non-hydrogen) atoms. The minimum Gasteiger partial charge on any atom is -0.294 e. The summed E-state index contributed by atoms with van der Waals surface area (Å²) in [5, 5.41) is 0. The van der Waals surface area contributed by atoms with Gasteiger partial charge in [-0.3, -0.25) is 18.2 Å². The van der Waals surface area contributed by atoms with Crippen molar-refractivity contribution in [1.29, 1.82) is 0 Å². The van der Waals surface area contributed by atoms with Crippen molar-refractivity contribution in [3.63, 3.8) is 0 Å². The predicted molar refractivity (Wildman–Crippen MR) is 44.2 cm³/mol. The Labute approximate surface area is 81.8 Å². The second-order valence-electron chi connectivity index (χ2n) is 0.936. The second-order valence-corrected chi connectivity index (χ2v) is 4.93. The van der Waals surface area contributed by atoms with E-state index in [2.05, 4.69) is 3.63 Å². The smallest absolute Gasteiger partial charge is 0.294 e. The van der Waals surface area contributed by atoms with Gasteiger partial charge < -0.3 is 0 Å². The summed E-state index contributed by atoms with van der Waals surface area (Å²) in [5.41, 5.74) is 0. The van der Waals surface area contributed by atoms with E-state index in [9.17, 15) is 16.8 Å². The topological polar surface area (TPSA) is 158 Å². The van der Waals surface area contributed by atoms with Gasteiger partial charge in [0, 0.05) is 0 Å². The predicted octanol–water partition coefficient (Wildman–Crippen LogP) is -1.38. The first-order valence-corrected chi connectivity index (χ1v) is 6.69. The van der Waals surface area contributed by atoms with E-state index in [1.54, 1.807) is 0 Å². The minimum atomic E-state index is -2.65. The van der Waals surface area contributed by atoms with Gasteiger partial charge in [0.25, 0.3) is 20.2 Å². The van der Waals surface area contributed by atoms with Crippen LogP contribution in [0.4, 0.5) is 0 Å². The zero-order valence-electron chi connectivity index (χ0n) is 5.46. The van der Waals surface area contributed by atoms with Gasteiger partial charge in [0.1, 0.15) is 0 Å². The van der Waals surface area contributed by atoms with E-state index in [1.807, 2.05) is 0 Å². The molecule has 0 radical (unpaired) electrons. The molecule has 0 heterocycles. The van der Waals surface area contributed by atoms with Gasteiger partial charge in [0.15, 0.2) is 0 Å². The molecule has 0 spiro atoms. The quantitative estimate of drug-likeness (QED) is 0.360. The monoisotopic (exact) mass is 276 g/mol. The molecule has 4 N–H and O–H groups in total. The first kappa shape index (κ1) is 15.9. The normalized spacial score (nSPS) is 19.1. The molecular formula is H4O9S4. The first-order valence-electron chi connectivity index (χ1n) is 1.90. The summed E-state index contributed by atoms with van der Waals surface area (Å²) in [6, 6.07) is 0. The molecule has 13 heteroatoms. The maximum Gasteiger partial charge on any atom is 0.317 e. The number of rotatable bonds is 3. The summed E-state index contributed by atoms with van der Waals surface area (Å²) < 4.78 is 70.9. The van der Waals surface area contributed by atoms with E-state index >= 15 is 0 Å². The first-order chi connectivity index (χ1) is 5.77. The molecule has 2 atom stereocenters. The molecule has 0 aromatic rings. The van der Waals surface area contributed by atoms with Crippen LogP contribution >= 0.6 is 0 Å². The Morgan fingerprint density at radius 3 is 0.923 bits per heavy atom.